The molecule has 76 valence electrons. The summed E-state index contributed by atoms with van der Waals surface area (Å²) in [6.45, 7) is 10.3. The van der Waals surface area contributed by atoms with Crippen LogP contribution in [0.4, 0.5) is 0 Å². The van der Waals surface area contributed by atoms with Gasteiger partial charge in [0.25, 0.3) is 0 Å². The molecule has 1 amide bonds. The molecule has 0 aromatic heterocycles. The minimum absolute atomic E-state index is 0.150. The second kappa shape index (κ2) is 4.12. The van der Waals surface area contributed by atoms with Crippen LogP contribution in [-0.4, -0.2) is 23.9 Å². The van der Waals surface area contributed by atoms with Crippen molar-refractivity contribution in [2.24, 2.45) is 17.8 Å². The molecule has 0 bridgehead atoms. The number of carbonyl (C=O) groups is 1. The topological polar surface area (TPSA) is 20.3 Å². The van der Waals surface area contributed by atoms with Crippen LogP contribution >= 0.6 is 0 Å². The Hall–Kier alpha value is -0.530. The molecule has 0 aromatic rings. The Morgan fingerprint density at radius 1 is 1.23 bits per heavy atom. The summed E-state index contributed by atoms with van der Waals surface area (Å²) in [6, 6.07) is 0. The van der Waals surface area contributed by atoms with Crippen molar-refractivity contribution < 1.29 is 4.79 Å². The van der Waals surface area contributed by atoms with E-state index in [2.05, 4.69) is 13.8 Å². The number of nitrogens with zero attached hydrogens (tertiary/aromatic N) is 1. The minimum Gasteiger partial charge on any atom is -0.342 e. The van der Waals surface area contributed by atoms with E-state index in [0.717, 1.165) is 13.1 Å². The largest absolute Gasteiger partial charge is 0.342 e. The molecule has 13 heavy (non-hydrogen) atoms. The maximum absolute atomic E-state index is 11.7. The fourth-order valence-electron chi connectivity index (χ4n) is 2.21. The third-order valence-electron chi connectivity index (χ3n) is 2.67. The van der Waals surface area contributed by atoms with Gasteiger partial charge in [0.1, 0.15) is 0 Å². The second-order valence-electron chi connectivity index (χ2n) is 4.84. The van der Waals surface area contributed by atoms with Crippen molar-refractivity contribution in [3.8, 4) is 0 Å². The molecular formula is C11H21NO. The van der Waals surface area contributed by atoms with E-state index in [1.807, 2.05) is 18.7 Å². The van der Waals surface area contributed by atoms with Gasteiger partial charge in [-0.3, -0.25) is 4.79 Å². The van der Waals surface area contributed by atoms with Gasteiger partial charge < -0.3 is 4.90 Å². The molecular weight excluding hydrogens is 162 g/mol. The summed E-state index contributed by atoms with van der Waals surface area (Å²) in [6.07, 6.45) is 1.27. The van der Waals surface area contributed by atoms with E-state index < -0.39 is 0 Å². The third-order valence-corrected chi connectivity index (χ3v) is 2.67. The summed E-state index contributed by atoms with van der Waals surface area (Å²) in [4.78, 5) is 13.7. The van der Waals surface area contributed by atoms with E-state index in [4.69, 9.17) is 0 Å². The summed E-state index contributed by atoms with van der Waals surface area (Å²) in [5, 5.41) is 0. The highest BCUT2D eigenvalue weighted by Crippen LogP contribution is 2.21. The Bertz CT molecular complexity index is 179. The first-order valence-corrected chi connectivity index (χ1v) is 5.29. The molecule has 2 atom stereocenters. The van der Waals surface area contributed by atoms with Gasteiger partial charge in [-0.25, -0.2) is 0 Å². The van der Waals surface area contributed by atoms with Crippen molar-refractivity contribution in [3.05, 3.63) is 0 Å². The smallest absolute Gasteiger partial charge is 0.225 e. The molecule has 1 saturated heterocycles. The van der Waals surface area contributed by atoms with E-state index in [-0.39, 0.29) is 5.92 Å². The molecule has 1 aliphatic heterocycles. The predicted octanol–water partition coefficient (Wildman–Crippen LogP) is 2.15. The van der Waals surface area contributed by atoms with Crippen LogP contribution in [0.5, 0.6) is 0 Å². The second-order valence-corrected chi connectivity index (χ2v) is 4.84. The van der Waals surface area contributed by atoms with Gasteiger partial charge in [0.15, 0.2) is 0 Å². The highest BCUT2D eigenvalue weighted by molar-refractivity contribution is 5.78. The summed E-state index contributed by atoms with van der Waals surface area (Å²) in [5.74, 6) is 1.81. The Morgan fingerprint density at radius 2 is 1.69 bits per heavy atom. The number of amides is 1. The van der Waals surface area contributed by atoms with E-state index in [0.29, 0.717) is 17.7 Å². The van der Waals surface area contributed by atoms with Crippen LogP contribution < -0.4 is 0 Å². The van der Waals surface area contributed by atoms with E-state index in [1.165, 1.54) is 6.42 Å². The van der Waals surface area contributed by atoms with Crippen LogP contribution in [0.25, 0.3) is 0 Å². The Balaban J connectivity index is 2.55. The molecule has 0 aliphatic carbocycles. The van der Waals surface area contributed by atoms with Gasteiger partial charge in [0, 0.05) is 19.0 Å². The minimum atomic E-state index is 0.150. The van der Waals surface area contributed by atoms with Crippen LogP contribution in [0.15, 0.2) is 0 Å². The maximum atomic E-state index is 11.7. The van der Waals surface area contributed by atoms with Crippen LogP contribution in [0.2, 0.25) is 0 Å². The van der Waals surface area contributed by atoms with Gasteiger partial charge >= 0.3 is 0 Å². The van der Waals surface area contributed by atoms with E-state index in [1.54, 1.807) is 0 Å². The zero-order valence-electron chi connectivity index (χ0n) is 9.21. The normalized spacial score (nSPS) is 29.5. The van der Waals surface area contributed by atoms with E-state index in [9.17, 15) is 4.79 Å². The Kier molecular flexibility index (Phi) is 3.34. The molecule has 0 unspecified atom stereocenters. The lowest BCUT2D eigenvalue weighted by atomic mass is 9.91. The summed E-state index contributed by atoms with van der Waals surface area (Å²) in [7, 11) is 0. The number of rotatable bonds is 1. The van der Waals surface area contributed by atoms with Gasteiger partial charge in [-0.05, 0) is 18.3 Å². The van der Waals surface area contributed by atoms with Crippen molar-refractivity contribution in [2.75, 3.05) is 13.1 Å². The molecule has 1 heterocycles. The first kappa shape index (κ1) is 10.6. The SMILES string of the molecule is CC(C)C(=O)N1C[C@H](C)C[C@@H](C)C1. The first-order chi connectivity index (χ1) is 6.00. The molecule has 0 saturated carbocycles. The van der Waals surface area contributed by atoms with Crippen molar-refractivity contribution in [3.63, 3.8) is 0 Å². The summed E-state index contributed by atoms with van der Waals surface area (Å²) >= 11 is 0. The van der Waals surface area contributed by atoms with Crippen molar-refractivity contribution in [1.29, 1.82) is 0 Å². The summed E-state index contributed by atoms with van der Waals surface area (Å²) < 4.78 is 0. The highest BCUT2D eigenvalue weighted by Gasteiger charge is 2.26. The van der Waals surface area contributed by atoms with Gasteiger partial charge in [0.05, 0.1) is 0 Å². The molecule has 2 heteroatoms. The van der Waals surface area contributed by atoms with Crippen LogP contribution in [0.1, 0.15) is 34.1 Å². The van der Waals surface area contributed by atoms with Crippen molar-refractivity contribution >= 4 is 5.91 Å². The number of piperidine rings is 1. The quantitative estimate of drug-likeness (QED) is 0.610. The zero-order chi connectivity index (χ0) is 10.0. The van der Waals surface area contributed by atoms with Crippen molar-refractivity contribution in [1.82, 2.24) is 4.90 Å². The average molecular weight is 183 g/mol. The van der Waals surface area contributed by atoms with Crippen molar-refractivity contribution in [2.45, 2.75) is 34.1 Å². The molecule has 0 radical (unpaired) electrons. The molecule has 1 rings (SSSR count). The molecule has 0 aromatic carbocycles. The number of carbonyl (C=O) groups excluding carboxylic acids is 1. The lowest BCUT2D eigenvalue weighted by molar-refractivity contribution is -0.137. The maximum Gasteiger partial charge on any atom is 0.225 e. The fourth-order valence-corrected chi connectivity index (χ4v) is 2.21. The molecule has 0 N–H and O–H groups in total. The lowest BCUT2D eigenvalue weighted by Gasteiger charge is -2.36. The average Bonchev–Trinajstić information content (AvgIpc) is 2.01. The Morgan fingerprint density at radius 3 is 2.08 bits per heavy atom. The summed E-state index contributed by atoms with van der Waals surface area (Å²) in [5.41, 5.74) is 0. The molecule has 0 spiro atoms. The van der Waals surface area contributed by atoms with E-state index >= 15 is 0 Å². The predicted molar refractivity (Wildman–Crippen MR) is 54.4 cm³/mol. The third kappa shape index (κ3) is 2.71. The monoisotopic (exact) mass is 183 g/mol. The molecule has 1 fully saturated rings. The highest BCUT2D eigenvalue weighted by atomic mass is 16.2. The standard InChI is InChI=1S/C11H21NO/c1-8(2)11(13)12-6-9(3)5-10(4)7-12/h8-10H,5-7H2,1-4H3/t9-,10-/m1/s1. The number of hydrogen-bond acceptors (Lipinski definition) is 1. The lowest BCUT2D eigenvalue weighted by Crippen LogP contribution is -2.44. The van der Waals surface area contributed by atoms with Crippen LogP contribution in [-0.2, 0) is 4.79 Å². The number of likely N-dealkylation sites (tertiary alicyclic amines) is 1. The fraction of sp³-hybridized carbons (Fsp3) is 0.909. The molecule has 1 aliphatic rings. The van der Waals surface area contributed by atoms with Crippen LogP contribution in [0.3, 0.4) is 0 Å². The van der Waals surface area contributed by atoms with Gasteiger partial charge in [-0.2, -0.15) is 0 Å². The van der Waals surface area contributed by atoms with Crippen LogP contribution in [0, 0.1) is 17.8 Å². The zero-order valence-corrected chi connectivity index (χ0v) is 9.21. The Labute approximate surface area is 81.3 Å². The molecule has 2 nitrogen and oxygen atoms in total. The van der Waals surface area contributed by atoms with Gasteiger partial charge in [0.2, 0.25) is 5.91 Å². The van der Waals surface area contributed by atoms with Gasteiger partial charge in [-0.1, -0.05) is 27.7 Å². The first-order valence-electron chi connectivity index (χ1n) is 5.29. The number of hydrogen-bond donors (Lipinski definition) is 0. The van der Waals surface area contributed by atoms with Gasteiger partial charge in [-0.15, -0.1) is 0 Å².